The highest BCUT2D eigenvalue weighted by Gasteiger charge is 2.11. The van der Waals surface area contributed by atoms with E-state index in [0.717, 1.165) is 0 Å². The second-order valence-electron chi connectivity index (χ2n) is 6.21. The van der Waals surface area contributed by atoms with E-state index < -0.39 is 16.7 Å². The Balaban J connectivity index is 1.80. The van der Waals surface area contributed by atoms with Crippen molar-refractivity contribution in [2.75, 3.05) is 5.32 Å². The van der Waals surface area contributed by atoms with Crippen molar-refractivity contribution >= 4 is 23.2 Å². The quantitative estimate of drug-likeness (QED) is 0.489. The van der Waals surface area contributed by atoms with Crippen molar-refractivity contribution in [3.63, 3.8) is 0 Å². The van der Waals surface area contributed by atoms with Gasteiger partial charge in [-0.15, -0.1) is 0 Å². The summed E-state index contributed by atoms with van der Waals surface area (Å²) in [6.45, 7) is 0.0783. The van der Waals surface area contributed by atoms with Gasteiger partial charge in [0.25, 0.3) is 17.2 Å². The van der Waals surface area contributed by atoms with Crippen molar-refractivity contribution in [2.24, 2.45) is 5.73 Å². The van der Waals surface area contributed by atoms with Crippen molar-refractivity contribution in [3.05, 3.63) is 104 Å². The van der Waals surface area contributed by atoms with E-state index >= 15 is 0 Å². The number of pyridine rings is 1. The molecule has 29 heavy (non-hydrogen) atoms. The summed E-state index contributed by atoms with van der Waals surface area (Å²) in [5, 5.41) is 13.6. The molecule has 0 unspecified atom stereocenters. The second kappa shape index (κ2) is 8.17. The molecule has 3 aromatic rings. The molecule has 0 radical (unpaired) electrons. The summed E-state index contributed by atoms with van der Waals surface area (Å²) < 4.78 is 1.30. The van der Waals surface area contributed by atoms with Crippen molar-refractivity contribution < 1.29 is 14.5 Å². The van der Waals surface area contributed by atoms with Crippen LogP contribution in [0.2, 0.25) is 0 Å². The number of carbonyl (C=O) groups excluding carboxylic acids is 2. The van der Waals surface area contributed by atoms with Crippen molar-refractivity contribution in [1.82, 2.24) is 4.57 Å². The molecular formula is C20H16N4O5. The molecule has 0 aliphatic carbocycles. The third kappa shape index (κ3) is 4.72. The van der Waals surface area contributed by atoms with Gasteiger partial charge in [-0.25, -0.2) is 0 Å². The second-order valence-corrected chi connectivity index (χ2v) is 6.21. The van der Waals surface area contributed by atoms with Crippen molar-refractivity contribution in [3.8, 4) is 0 Å². The normalized spacial score (nSPS) is 10.3. The van der Waals surface area contributed by atoms with Gasteiger partial charge in [-0.2, -0.15) is 0 Å². The molecule has 0 aliphatic heterocycles. The zero-order valence-electron chi connectivity index (χ0n) is 15.1. The first-order chi connectivity index (χ1) is 13.8. The first-order valence-electron chi connectivity index (χ1n) is 8.48. The number of anilines is 1. The molecule has 9 heteroatoms. The van der Waals surface area contributed by atoms with Gasteiger partial charge in [-0.1, -0.05) is 12.1 Å². The van der Waals surface area contributed by atoms with Gasteiger partial charge in [0.15, 0.2) is 0 Å². The van der Waals surface area contributed by atoms with E-state index in [0.29, 0.717) is 16.8 Å². The Morgan fingerprint density at radius 1 is 1.03 bits per heavy atom. The number of nitrogens with zero attached hydrogens (tertiary/aromatic N) is 2. The summed E-state index contributed by atoms with van der Waals surface area (Å²) >= 11 is 0. The summed E-state index contributed by atoms with van der Waals surface area (Å²) in [6, 6.07) is 14.6. The van der Waals surface area contributed by atoms with Crippen LogP contribution in [-0.4, -0.2) is 21.3 Å². The minimum absolute atomic E-state index is 0.0783. The molecule has 0 fully saturated rings. The zero-order chi connectivity index (χ0) is 21.0. The molecule has 1 aromatic heterocycles. The van der Waals surface area contributed by atoms with Crippen LogP contribution in [0.5, 0.6) is 0 Å². The predicted octanol–water partition coefficient (Wildman–Crippen LogP) is 2.16. The van der Waals surface area contributed by atoms with Crippen LogP contribution < -0.4 is 16.6 Å². The average Bonchev–Trinajstić information content (AvgIpc) is 2.70. The smallest absolute Gasteiger partial charge is 0.269 e. The summed E-state index contributed by atoms with van der Waals surface area (Å²) in [4.78, 5) is 46.1. The summed E-state index contributed by atoms with van der Waals surface area (Å²) in [5.74, 6) is -1.03. The predicted molar refractivity (Wildman–Crippen MR) is 106 cm³/mol. The molecule has 0 saturated heterocycles. The van der Waals surface area contributed by atoms with Crippen LogP contribution in [0.15, 0.2) is 71.7 Å². The van der Waals surface area contributed by atoms with Crippen LogP contribution in [0.25, 0.3) is 0 Å². The number of primary amides is 1. The number of benzene rings is 2. The maximum atomic E-state index is 12.5. The van der Waals surface area contributed by atoms with Crippen LogP contribution in [-0.2, 0) is 6.54 Å². The Bertz CT molecular complexity index is 1150. The number of nitro benzene ring substituents is 1. The SMILES string of the molecule is NC(=O)c1ccc(NC(=O)c2ccc(=O)n(Cc3cccc([N+](=O)[O-])c3)c2)cc1. The Morgan fingerprint density at radius 2 is 1.72 bits per heavy atom. The minimum Gasteiger partial charge on any atom is -0.366 e. The maximum absolute atomic E-state index is 12.5. The van der Waals surface area contributed by atoms with E-state index in [1.165, 1.54) is 65.4 Å². The molecule has 0 aliphatic rings. The third-order valence-electron chi connectivity index (χ3n) is 4.15. The molecule has 2 aromatic carbocycles. The Morgan fingerprint density at radius 3 is 2.38 bits per heavy atom. The molecule has 2 amide bonds. The zero-order valence-corrected chi connectivity index (χ0v) is 15.1. The highest BCUT2D eigenvalue weighted by Crippen LogP contribution is 2.14. The molecule has 0 bridgehead atoms. The van der Waals surface area contributed by atoms with Gasteiger partial charge in [-0.05, 0) is 35.9 Å². The van der Waals surface area contributed by atoms with Crippen molar-refractivity contribution in [1.29, 1.82) is 0 Å². The summed E-state index contributed by atoms with van der Waals surface area (Å²) in [7, 11) is 0. The molecule has 3 rings (SSSR count). The van der Waals surface area contributed by atoms with Gasteiger partial charge in [0.2, 0.25) is 5.91 Å². The monoisotopic (exact) mass is 392 g/mol. The number of hydrogen-bond acceptors (Lipinski definition) is 5. The number of nitrogens with one attached hydrogen (secondary N) is 1. The van der Waals surface area contributed by atoms with E-state index in [-0.39, 0.29) is 23.4 Å². The van der Waals surface area contributed by atoms with Gasteiger partial charge in [0.05, 0.1) is 17.0 Å². The molecule has 146 valence electrons. The van der Waals surface area contributed by atoms with Gasteiger partial charge in [0.1, 0.15) is 0 Å². The summed E-state index contributed by atoms with van der Waals surface area (Å²) in [6.07, 6.45) is 1.38. The Kier molecular flexibility index (Phi) is 5.49. The Hall–Kier alpha value is -4.27. The number of nitrogens with two attached hydrogens (primary N) is 1. The number of rotatable bonds is 6. The highest BCUT2D eigenvalue weighted by atomic mass is 16.6. The standard InChI is InChI=1S/C20H16N4O5/c21-19(26)14-4-7-16(8-5-14)22-20(27)15-6-9-18(25)23(12-15)11-13-2-1-3-17(10-13)24(28)29/h1-10,12H,11H2,(H2,21,26)(H,22,27). The molecule has 3 N–H and O–H groups in total. The van der Waals surface area contributed by atoms with Crippen molar-refractivity contribution in [2.45, 2.75) is 6.54 Å². The van der Waals surface area contributed by atoms with Gasteiger partial charge < -0.3 is 15.6 Å². The highest BCUT2D eigenvalue weighted by molar-refractivity contribution is 6.04. The first-order valence-corrected chi connectivity index (χ1v) is 8.48. The Labute approximate surface area is 164 Å². The van der Waals surface area contributed by atoms with E-state index in [1.54, 1.807) is 6.07 Å². The number of amides is 2. The lowest BCUT2D eigenvalue weighted by Gasteiger charge is -2.09. The van der Waals surface area contributed by atoms with Gasteiger partial charge >= 0.3 is 0 Å². The number of aromatic nitrogens is 1. The molecule has 1 heterocycles. The molecule has 0 spiro atoms. The maximum Gasteiger partial charge on any atom is 0.269 e. The third-order valence-corrected chi connectivity index (χ3v) is 4.15. The van der Waals surface area contributed by atoms with Gasteiger partial charge in [-0.3, -0.25) is 24.5 Å². The lowest BCUT2D eigenvalue weighted by Crippen LogP contribution is -2.22. The molecule has 0 atom stereocenters. The minimum atomic E-state index is -0.573. The van der Waals surface area contributed by atoms with E-state index in [1.807, 2.05) is 0 Å². The van der Waals surface area contributed by atoms with Crippen LogP contribution >= 0.6 is 0 Å². The summed E-state index contributed by atoms with van der Waals surface area (Å²) in [5.41, 5.74) is 6.31. The average molecular weight is 392 g/mol. The number of nitro groups is 1. The molecular weight excluding hydrogens is 376 g/mol. The fraction of sp³-hybridized carbons (Fsp3) is 0.0500. The number of hydrogen-bond donors (Lipinski definition) is 2. The van der Waals surface area contributed by atoms with Crippen LogP contribution in [0.1, 0.15) is 26.3 Å². The largest absolute Gasteiger partial charge is 0.366 e. The fourth-order valence-electron chi connectivity index (χ4n) is 2.68. The molecule has 9 nitrogen and oxygen atoms in total. The number of non-ortho nitro benzene ring substituents is 1. The van der Waals surface area contributed by atoms with Gasteiger partial charge in [0, 0.05) is 35.6 Å². The molecule has 0 saturated carbocycles. The fourth-order valence-corrected chi connectivity index (χ4v) is 2.68. The lowest BCUT2D eigenvalue weighted by molar-refractivity contribution is -0.384. The van der Waals surface area contributed by atoms with E-state index in [2.05, 4.69) is 5.32 Å². The first kappa shape index (κ1) is 19.5. The van der Waals surface area contributed by atoms with Crippen LogP contribution in [0.3, 0.4) is 0 Å². The number of carbonyl (C=O) groups is 2. The van der Waals surface area contributed by atoms with Crippen LogP contribution in [0.4, 0.5) is 11.4 Å². The van der Waals surface area contributed by atoms with E-state index in [9.17, 15) is 24.5 Å². The van der Waals surface area contributed by atoms with E-state index in [4.69, 9.17) is 5.73 Å². The topological polar surface area (TPSA) is 137 Å². The lowest BCUT2D eigenvalue weighted by atomic mass is 10.2. The van der Waals surface area contributed by atoms with Crippen LogP contribution in [0, 0.1) is 10.1 Å².